The Hall–Kier alpha value is -2.63. The lowest BCUT2D eigenvalue weighted by Gasteiger charge is -2.03. The molecule has 0 aromatic heterocycles. The van der Waals surface area contributed by atoms with Crippen molar-refractivity contribution in [3.63, 3.8) is 0 Å². The first-order chi connectivity index (χ1) is 8.18. The smallest absolute Gasteiger partial charge is 0.265 e. The van der Waals surface area contributed by atoms with E-state index in [9.17, 15) is 14.9 Å². The van der Waals surface area contributed by atoms with E-state index < -0.39 is 10.8 Å². The zero-order valence-electron chi connectivity index (χ0n) is 8.45. The first-order valence-electron chi connectivity index (χ1n) is 4.84. The van der Waals surface area contributed by atoms with Crippen molar-refractivity contribution in [3.05, 3.63) is 40.0 Å². The molecule has 0 radical (unpaired) electrons. The van der Waals surface area contributed by atoms with E-state index in [1.165, 1.54) is 12.3 Å². The maximum Gasteiger partial charge on any atom is 0.296 e. The van der Waals surface area contributed by atoms with Crippen LogP contribution in [0.25, 0.3) is 5.57 Å². The molecule has 0 spiro atoms. The van der Waals surface area contributed by atoms with E-state index in [0.717, 1.165) is 0 Å². The van der Waals surface area contributed by atoms with Crippen LogP contribution in [0.15, 0.2) is 34.3 Å². The quantitative estimate of drug-likeness (QED) is 0.540. The molecule has 0 atom stereocenters. The Bertz CT molecular complexity index is 656. The van der Waals surface area contributed by atoms with Crippen molar-refractivity contribution in [2.75, 3.05) is 0 Å². The number of carbonyl (C=O) groups excluding carboxylic acids is 1. The lowest BCUT2D eigenvalue weighted by atomic mass is 10.0. The van der Waals surface area contributed by atoms with Crippen molar-refractivity contribution in [2.24, 2.45) is 9.98 Å². The highest BCUT2D eigenvalue weighted by atomic mass is 16.6. The number of aliphatic imine (C=N–C) groups is 2. The van der Waals surface area contributed by atoms with E-state index in [4.69, 9.17) is 0 Å². The number of rotatable bonds is 1. The molecule has 0 saturated carbocycles. The van der Waals surface area contributed by atoms with Gasteiger partial charge in [-0.15, -0.1) is 0 Å². The van der Waals surface area contributed by atoms with Crippen molar-refractivity contribution in [1.82, 2.24) is 0 Å². The average molecular weight is 227 g/mol. The zero-order valence-corrected chi connectivity index (χ0v) is 8.45. The molecule has 82 valence electrons. The van der Waals surface area contributed by atoms with Crippen LogP contribution in [0.3, 0.4) is 0 Å². The zero-order chi connectivity index (χ0) is 12.0. The molecule has 0 fully saturated rings. The molecule has 17 heavy (non-hydrogen) atoms. The van der Waals surface area contributed by atoms with E-state index >= 15 is 0 Å². The van der Waals surface area contributed by atoms with Crippen LogP contribution in [0.4, 0.5) is 11.4 Å². The maximum atomic E-state index is 11.5. The highest BCUT2D eigenvalue weighted by molar-refractivity contribution is 6.60. The summed E-state index contributed by atoms with van der Waals surface area (Å²) in [6, 6.07) is 4.65. The number of hydrogen-bond acceptors (Lipinski definition) is 4. The number of amides is 1. The summed E-state index contributed by atoms with van der Waals surface area (Å²) in [5.41, 5.74) is 1.52. The van der Waals surface area contributed by atoms with Crippen molar-refractivity contribution in [2.45, 2.75) is 0 Å². The van der Waals surface area contributed by atoms with Crippen LogP contribution in [0.1, 0.15) is 5.56 Å². The van der Waals surface area contributed by atoms with Crippen molar-refractivity contribution in [3.8, 4) is 0 Å². The van der Waals surface area contributed by atoms with Crippen LogP contribution in [0.2, 0.25) is 0 Å². The van der Waals surface area contributed by atoms with Gasteiger partial charge >= 0.3 is 0 Å². The van der Waals surface area contributed by atoms with Gasteiger partial charge in [-0.1, -0.05) is 12.1 Å². The van der Waals surface area contributed by atoms with E-state index in [-0.39, 0.29) is 17.1 Å². The summed E-state index contributed by atoms with van der Waals surface area (Å²) in [5.74, 6) is -0.465. The largest absolute Gasteiger partial charge is 0.296 e. The van der Waals surface area contributed by atoms with Crippen molar-refractivity contribution < 1.29 is 9.72 Å². The van der Waals surface area contributed by atoms with Crippen LogP contribution < -0.4 is 0 Å². The molecular weight excluding hydrogens is 222 g/mol. The minimum absolute atomic E-state index is 0.0990. The molecule has 1 amide bonds. The molecule has 1 aromatic carbocycles. The number of allylic oxidation sites excluding steroid dienone is 1. The van der Waals surface area contributed by atoms with E-state index in [0.29, 0.717) is 11.1 Å². The Morgan fingerprint density at radius 3 is 2.88 bits per heavy atom. The van der Waals surface area contributed by atoms with Crippen LogP contribution in [0, 0.1) is 10.1 Å². The van der Waals surface area contributed by atoms with Gasteiger partial charge in [-0.05, 0) is 6.08 Å². The predicted octanol–water partition coefficient (Wildman–Crippen LogP) is 1.68. The second-order valence-electron chi connectivity index (χ2n) is 3.55. The number of carbonyl (C=O) groups is 1. The summed E-state index contributed by atoms with van der Waals surface area (Å²) in [7, 11) is 0. The second kappa shape index (κ2) is 3.18. The Kier molecular flexibility index (Phi) is 1.79. The fourth-order valence-corrected chi connectivity index (χ4v) is 1.89. The Balaban J connectivity index is 2.29. The SMILES string of the molecule is O=C1N=CC=C2C1=Nc1c2cccc1[N+](=O)[O-]. The molecule has 2 aliphatic rings. The molecule has 0 bridgehead atoms. The Labute approximate surface area is 95.2 Å². The van der Waals surface area contributed by atoms with Gasteiger partial charge in [0.25, 0.3) is 11.6 Å². The van der Waals surface area contributed by atoms with Gasteiger partial charge in [-0.3, -0.25) is 14.9 Å². The third-order valence-corrected chi connectivity index (χ3v) is 2.62. The Morgan fingerprint density at radius 2 is 2.12 bits per heavy atom. The molecule has 6 nitrogen and oxygen atoms in total. The molecule has 0 unspecified atom stereocenters. The normalized spacial score (nSPS) is 16.1. The topological polar surface area (TPSA) is 84.9 Å². The van der Waals surface area contributed by atoms with Gasteiger partial charge in [0.05, 0.1) is 4.92 Å². The minimum Gasteiger partial charge on any atom is -0.265 e. The highest BCUT2D eigenvalue weighted by Crippen LogP contribution is 2.41. The van der Waals surface area contributed by atoms with Crippen LogP contribution in [-0.4, -0.2) is 22.8 Å². The lowest BCUT2D eigenvalue weighted by molar-refractivity contribution is -0.384. The van der Waals surface area contributed by atoms with E-state index in [2.05, 4.69) is 9.98 Å². The summed E-state index contributed by atoms with van der Waals surface area (Å²) >= 11 is 0. The van der Waals surface area contributed by atoms with Gasteiger partial charge in [-0.25, -0.2) is 9.98 Å². The van der Waals surface area contributed by atoms with Crippen LogP contribution in [0.5, 0.6) is 0 Å². The maximum absolute atomic E-state index is 11.5. The van der Waals surface area contributed by atoms with Gasteiger partial charge < -0.3 is 0 Å². The number of dihydropyridines is 1. The summed E-state index contributed by atoms with van der Waals surface area (Å²) in [4.78, 5) is 29.4. The van der Waals surface area contributed by atoms with E-state index in [1.807, 2.05) is 0 Å². The molecule has 0 saturated heterocycles. The molecular formula is C11H5N3O3. The first kappa shape index (κ1) is 9.59. The van der Waals surface area contributed by atoms with Gasteiger partial charge in [-0.2, -0.15) is 0 Å². The van der Waals surface area contributed by atoms with Gasteiger partial charge in [0, 0.05) is 23.4 Å². The fourth-order valence-electron chi connectivity index (χ4n) is 1.89. The average Bonchev–Trinajstić information content (AvgIpc) is 2.69. The van der Waals surface area contributed by atoms with Crippen LogP contribution in [-0.2, 0) is 4.79 Å². The number of nitrogens with zero attached hydrogens (tertiary/aromatic N) is 3. The molecule has 1 aromatic rings. The fraction of sp³-hybridized carbons (Fsp3) is 0. The van der Waals surface area contributed by atoms with Gasteiger partial charge in [0.15, 0.2) is 0 Å². The number of nitro groups is 1. The molecule has 2 heterocycles. The first-order valence-corrected chi connectivity index (χ1v) is 4.84. The third-order valence-electron chi connectivity index (χ3n) is 2.62. The number of benzene rings is 1. The molecule has 2 aliphatic heterocycles. The highest BCUT2D eigenvalue weighted by Gasteiger charge is 2.31. The van der Waals surface area contributed by atoms with E-state index in [1.54, 1.807) is 18.2 Å². The predicted molar refractivity (Wildman–Crippen MR) is 61.7 cm³/mol. The molecule has 6 heteroatoms. The number of para-hydroxylation sites is 1. The third kappa shape index (κ3) is 1.24. The lowest BCUT2D eigenvalue weighted by Crippen LogP contribution is -2.13. The number of nitro benzene ring substituents is 1. The summed E-state index contributed by atoms with van der Waals surface area (Å²) in [5, 5.41) is 10.8. The standard InChI is InChI=1S/C11H5N3O3/c15-11-10-7(4-5-12-11)6-2-1-3-8(14(16)17)9(6)13-10/h1-5H. The Morgan fingerprint density at radius 1 is 1.29 bits per heavy atom. The molecule has 0 aliphatic carbocycles. The van der Waals surface area contributed by atoms with Crippen LogP contribution >= 0.6 is 0 Å². The van der Waals surface area contributed by atoms with Crippen molar-refractivity contribution in [1.29, 1.82) is 0 Å². The van der Waals surface area contributed by atoms with Crippen molar-refractivity contribution >= 4 is 34.8 Å². The monoisotopic (exact) mass is 227 g/mol. The summed E-state index contributed by atoms with van der Waals surface area (Å²) < 4.78 is 0. The van der Waals surface area contributed by atoms with Gasteiger partial charge in [0.1, 0.15) is 11.4 Å². The minimum atomic E-state index is -0.508. The molecule has 3 rings (SSSR count). The van der Waals surface area contributed by atoms with Gasteiger partial charge in [0.2, 0.25) is 0 Å². The summed E-state index contributed by atoms with van der Waals surface area (Å²) in [6.45, 7) is 0. The number of hydrogen-bond donors (Lipinski definition) is 0. The number of fused-ring (bicyclic) bond motifs is 3. The summed E-state index contributed by atoms with van der Waals surface area (Å²) in [6.07, 6.45) is 3.01. The second-order valence-corrected chi connectivity index (χ2v) is 3.55. The molecule has 0 N–H and O–H groups in total.